The highest BCUT2D eigenvalue weighted by atomic mass is 16.3. The predicted molar refractivity (Wildman–Crippen MR) is 74.2 cm³/mol. The average Bonchev–Trinajstić information content (AvgIpc) is 3.13. The number of amides is 1. The lowest BCUT2D eigenvalue weighted by atomic mass is 10.1. The molecule has 1 heterocycles. The Bertz CT molecular complexity index is 784. The molecule has 1 saturated carbocycles. The van der Waals surface area contributed by atoms with Crippen molar-refractivity contribution in [1.82, 2.24) is 5.32 Å². The third-order valence-electron chi connectivity index (χ3n) is 3.56. The van der Waals surface area contributed by atoms with Crippen molar-refractivity contribution in [1.29, 1.82) is 0 Å². The Kier molecular flexibility index (Phi) is 2.15. The van der Waals surface area contributed by atoms with E-state index in [-0.39, 0.29) is 5.91 Å². The normalized spacial score (nSPS) is 14.9. The van der Waals surface area contributed by atoms with Crippen LogP contribution in [-0.2, 0) is 0 Å². The van der Waals surface area contributed by atoms with Gasteiger partial charge in [-0.1, -0.05) is 30.3 Å². The monoisotopic (exact) mass is 251 g/mol. The lowest BCUT2D eigenvalue weighted by Crippen LogP contribution is -2.24. The number of carbonyl (C=O) groups excluding carboxylic acids is 1. The van der Waals surface area contributed by atoms with Crippen molar-refractivity contribution in [2.24, 2.45) is 0 Å². The fraction of sp³-hybridized carbons (Fsp3) is 0.188. The SMILES string of the molecule is O=C(NC1CC1)c1cc2c(ccc3ccccc32)o1. The fourth-order valence-corrected chi connectivity index (χ4v) is 2.39. The Hall–Kier alpha value is -2.29. The second kappa shape index (κ2) is 3.85. The van der Waals surface area contributed by atoms with Crippen LogP contribution in [0.3, 0.4) is 0 Å². The van der Waals surface area contributed by atoms with Crippen LogP contribution in [0.4, 0.5) is 0 Å². The molecule has 1 aliphatic rings. The highest BCUT2D eigenvalue weighted by Gasteiger charge is 2.25. The van der Waals surface area contributed by atoms with Crippen molar-refractivity contribution in [2.75, 3.05) is 0 Å². The van der Waals surface area contributed by atoms with Crippen LogP contribution in [-0.4, -0.2) is 11.9 Å². The maximum absolute atomic E-state index is 12.0. The van der Waals surface area contributed by atoms with Gasteiger partial charge in [0.2, 0.25) is 0 Å². The molecular weight excluding hydrogens is 238 g/mol. The summed E-state index contributed by atoms with van der Waals surface area (Å²) in [5, 5.41) is 6.22. The molecule has 1 aliphatic carbocycles. The summed E-state index contributed by atoms with van der Waals surface area (Å²) in [7, 11) is 0. The van der Waals surface area contributed by atoms with Crippen molar-refractivity contribution in [3.8, 4) is 0 Å². The van der Waals surface area contributed by atoms with Gasteiger partial charge in [-0.15, -0.1) is 0 Å². The molecule has 3 heteroatoms. The Labute approximate surface area is 110 Å². The molecule has 19 heavy (non-hydrogen) atoms. The van der Waals surface area contributed by atoms with Crippen LogP contribution >= 0.6 is 0 Å². The van der Waals surface area contributed by atoms with Crippen molar-refractivity contribution in [3.05, 3.63) is 48.2 Å². The van der Waals surface area contributed by atoms with Gasteiger partial charge in [-0.25, -0.2) is 0 Å². The minimum absolute atomic E-state index is 0.109. The second-order valence-corrected chi connectivity index (χ2v) is 5.06. The molecule has 94 valence electrons. The Morgan fingerprint density at radius 3 is 2.79 bits per heavy atom. The lowest BCUT2D eigenvalue weighted by Gasteiger charge is -1.97. The van der Waals surface area contributed by atoms with E-state index in [4.69, 9.17) is 4.42 Å². The van der Waals surface area contributed by atoms with Gasteiger partial charge in [0.25, 0.3) is 5.91 Å². The number of rotatable bonds is 2. The summed E-state index contributed by atoms with van der Waals surface area (Å²) in [5.74, 6) is 0.293. The predicted octanol–water partition coefficient (Wildman–Crippen LogP) is 3.48. The molecule has 1 amide bonds. The smallest absolute Gasteiger partial charge is 0.287 e. The third kappa shape index (κ3) is 1.78. The van der Waals surface area contributed by atoms with E-state index in [1.165, 1.54) is 0 Å². The van der Waals surface area contributed by atoms with Gasteiger partial charge in [0.15, 0.2) is 5.76 Å². The first-order chi connectivity index (χ1) is 9.31. The first-order valence-electron chi connectivity index (χ1n) is 6.53. The molecule has 1 fully saturated rings. The number of nitrogens with one attached hydrogen (secondary N) is 1. The van der Waals surface area contributed by atoms with E-state index in [2.05, 4.69) is 17.4 Å². The van der Waals surface area contributed by atoms with E-state index < -0.39 is 0 Å². The standard InChI is InChI=1S/C16H13NO2/c18-16(17-11-6-7-11)15-9-13-12-4-2-1-3-10(12)5-8-14(13)19-15/h1-5,8-9,11H,6-7H2,(H,17,18). The molecule has 0 atom stereocenters. The zero-order valence-corrected chi connectivity index (χ0v) is 10.3. The molecule has 0 aliphatic heterocycles. The first kappa shape index (κ1) is 10.6. The number of fused-ring (bicyclic) bond motifs is 3. The highest BCUT2D eigenvalue weighted by molar-refractivity contribution is 6.08. The Balaban J connectivity index is 1.85. The largest absolute Gasteiger partial charge is 0.451 e. The van der Waals surface area contributed by atoms with E-state index in [1.807, 2.05) is 30.3 Å². The van der Waals surface area contributed by atoms with Crippen LogP contribution in [0.15, 0.2) is 46.9 Å². The first-order valence-corrected chi connectivity index (χ1v) is 6.53. The van der Waals surface area contributed by atoms with Gasteiger partial charge < -0.3 is 9.73 Å². The van der Waals surface area contributed by atoms with Crippen LogP contribution in [0.5, 0.6) is 0 Å². The molecule has 1 aromatic heterocycles. The van der Waals surface area contributed by atoms with Gasteiger partial charge in [0.05, 0.1) is 0 Å². The number of hydrogen-bond donors (Lipinski definition) is 1. The van der Waals surface area contributed by atoms with E-state index in [1.54, 1.807) is 0 Å². The van der Waals surface area contributed by atoms with Crippen molar-refractivity contribution in [2.45, 2.75) is 18.9 Å². The van der Waals surface area contributed by atoms with Gasteiger partial charge in [-0.2, -0.15) is 0 Å². The van der Waals surface area contributed by atoms with E-state index in [0.29, 0.717) is 11.8 Å². The number of furan rings is 1. The van der Waals surface area contributed by atoms with Crippen LogP contribution in [0, 0.1) is 0 Å². The molecule has 1 N–H and O–H groups in total. The molecule has 0 spiro atoms. The second-order valence-electron chi connectivity index (χ2n) is 5.06. The molecule has 3 nitrogen and oxygen atoms in total. The summed E-state index contributed by atoms with van der Waals surface area (Å²) in [4.78, 5) is 12.0. The van der Waals surface area contributed by atoms with Gasteiger partial charge in [-0.05, 0) is 35.7 Å². The maximum atomic E-state index is 12.0. The molecule has 0 bridgehead atoms. The van der Waals surface area contributed by atoms with Gasteiger partial charge in [0, 0.05) is 11.4 Å². The molecule has 0 radical (unpaired) electrons. The summed E-state index contributed by atoms with van der Waals surface area (Å²) in [5.41, 5.74) is 0.764. The zero-order chi connectivity index (χ0) is 12.8. The minimum atomic E-state index is -0.109. The van der Waals surface area contributed by atoms with Crippen molar-refractivity contribution in [3.63, 3.8) is 0 Å². The summed E-state index contributed by atoms with van der Waals surface area (Å²) in [6, 6.07) is 14.2. The molecule has 0 unspecified atom stereocenters. The zero-order valence-electron chi connectivity index (χ0n) is 10.3. The molecular formula is C16H13NO2. The Morgan fingerprint density at radius 1 is 1.11 bits per heavy atom. The van der Waals surface area contributed by atoms with Crippen LogP contribution in [0.25, 0.3) is 21.7 Å². The average molecular weight is 251 g/mol. The van der Waals surface area contributed by atoms with Crippen molar-refractivity contribution < 1.29 is 9.21 Å². The summed E-state index contributed by atoms with van der Waals surface area (Å²) >= 11 is 0. The summed E-state index contributed by atoms with van der Waals surface area (Å²) in [6.45, 7) is 0. The van der Waals surface area contributed by atoms with Crippen LogP contribution in [0.1, 0.15) is 23.4 Å². The third-order valence-corrected chi connectivity index (χ3v) is 3.56. The topological polar surface area (TPSA) is 42.2 Å². The van der Waals surface area contributed by atoms with E-state index >= 15 is 0 Å². The van der Waals surface area contributed by atoms with Gasteiger partial charge in [0.1, 0.15) is 5.58 Å². The van der Waals surface area contributed by atoms with E-state index in [9.17, 15) is 4.79 Å². The van der Waals surface area contributed by atoms with Crippen LogP contribution < -0.4 is 5.32 Å². The van der Waals surface area contributed by atoms with E-state index in [0.717, 1.165) is 34.6 Å². The molecule has 3 aromatic rings. The molecule has 2 aromatic carbocycles. The number of hydrogen-bond acceptors (Lipinski definition) is 2. The number of benzene rings is 2. The van der Waals surface area contributed by atoms with Crippen LogP contribution in [0.2, 0.25) is 0 Å². The molecule has 4 rings (SSSR count). The summed E-state index contributed by atoms with van der Waals surface area (Å²) < 4.78 is 5.65. The highest BCUT2D eigenvalue weighted by Crippen LogP contribution is 2.28. The maximum Gasteiger partial charge on any atom is 0.287 e. The number of carbonyl (C=O) groups is 1. The van der Waals surface area contributed by atoms with Crippen molar-refractivity contribution >= 4 is 27.6 Å². The van der Waals surface area contributed by atoms with Gasteiger partial charge >= 0.3 is 0 Å². The summed E-state index contributed by atoms with van der Waals surface area (Å²) in [6.07, 6.45) is 2.16. The Morgan fingerprint density at radius 2 is 1.95 bits per heavy atom. The fourth-order valence-electron chi connectivity index (χ4n) is 2.39. The minimum Gasteiger partial charge on any atom is -0.451 e. The van der Waals surface area contributed by atoms with Gasteiger partial charge in [-0.3, -0.25) is 4.79 Å². The lowest BCUT2D eigenvalue weighted by molar-refractivity contribution is 0.0925. The quantitative estimate of drug-likeness (QED) is 0.757. The molecule has 0 saturated heterocycles.